The molecular formula is C18H28ClIN4O. The lowest BCUT2D eigenvalue weighted by Crippen LogP contribution is -2.42. The maximum absolute atomic E-state index is 12.2. The van der Waals surface area contributed by atoms with E-state index < -0.39 is 0 Å². The van der Waals surface area contributed by atoms with Crippen LogP contribution in [-0.4, -0.2) is 43.4 Å². The molecule has 1 amide bonds. The van der Waals surface area contributed by atoms with Crippen molar-refractivity contribution in [2.24, 2.45) is 10.9 Å². The monoisotopic (exact) mass is 478 g/mol. The first-order valence-corrected chi connectivity index (χ1v) is 8.93. The van der Waals surface area contributed by atoms with Crippen molar-refractivity contribution in [2.75, 3.05) is 26.7 Å². The summed E-state index contributed by atoms with van der Waals surface area (Å²) in [4.78, 5) is 18.4. The van der Waals surface area contributed by atoms with E-state index in [1.807, 2.05) is 29.2 Å². The van der Waals surface area contributed by atoms with Crippen LogP contribution in [0.3, 0.4) is 0 Å². The van der Waals surface area contributed by atoms with Crippen LogP contribution in [0.15, 0.2) is 29.3 Å². The number of guanidine groups is 1. The fourth-order valence-electron chi connectivity index (χ4n) is 2.90. The van der Waals surface area contributed by atoms with Gasteiger partial charge in [0.05, 0.1) is 0 Å². The van der Waals surface area contributed by atoms with Crippen LogP contribution in [0.25, 0.3) is 0 Å². The number of aliphatic imine (C=N–C) groups is 1. The smallest absolute Gasteiger partial charge is 0.224 e. The standard InChI is InChI=1S/C18H27ClN4O.HI/c1-14-6-5-11-23(13-14)17(24)9-10-21-18(20-2)22-12-15-7-3-4-8-16(15)19;/h3-4,7-8,14H,5-6,9-13H2,1-2H3,(H2,20,21,22);1H. The summed E-state index contributed by atoms with van der Waals surface area (Å²) in [6, 6.07) is 7.71. The molecular weight excluding hydrogens is 451 g/mol. The van der Waals surface area contributed by atoms with Crippen LogP contribution in [0, 0.1) is 5.92 Å². The predicted octanol–water partition coefficient (Wildman–Crippen LogP) is 3.27. The van der Waals surface area contributed by atoms with Crippen molar-refractivity contribution >= 4 is 47.4 Å². The lowest BCUT2D eigenvalue weighted by molar-refractivity contribution is -0.132. The number of halogens is 2. The molecule has 0 aliphatic carbocycles. The highest BCUT2D eigenvalue weighted by atomic mass is 127. The Kier molecular flexibility index (Phi) is 10.2. The number of nitrogens with one attached hydrogen (secondary N) is 2. The minimum atomic E-state index is 0. The summed E-state index contributed by atoms with van der Waals surface area (Å²) in [5.41, 5.74) is 1.01. The van der Waals surface area contributed by atoms with E-state index in [2.05, 4.69) is 22.5 Å². The van der Waals surface area contributed by atoms with Crippen molar-refractivity contribution in [3.63, 3.8) is 0 Å². The molecule has 0 bridgehead atoms. The van der Waals surface area contributed by atoms with Crippen LogP contribution in [0.4, 0.5) is 0 Å². The van der Waals surface area contributed by atoms with E-state index in [1.165, 1.54) is 6.42 Å². The first-order chi connectivity index (χ1) is 11.6. The molecule has 1 unspecified atom stereocenters. The molecule has 25 heavy (non-hydrogen) atoms. The van der Waals surface area contributed by atoms with Gasteiger partial charge in [0, 0.05) is 44.7 Å². The molecule has 0 spiro atoms. The molecule has 1 fully saturated rings. The number of carbonyl (C=O) groups excluding carboxylic acids is 1. The first-order valence-electron chi connectivity index (χ1n) is 8.56. The molecule has 7 heteroatoms. The van der Waals surface area contributed by atoms with Gasteiger partial charge in [0.25, 0.3) is 0 Å². The molecule has 5 nitrogen and oxygen atoms in total. The third-order valence-electron chi connectivity index (χ3n) is 4.27. The van der Waals surface area contributed by atoms with Gasteiger partial charge >= 0.3 is 0 Å². The van der Waals surface area contributed by atoms with Crippen LogP contribution in [-0.2, 0) is 11.3 Å². The minimum Gasteiger partial charge on any atom is -0.356 e. The van der Waals surface area contributed by atoms with Crippen molar-refractivity contribution in [3.8, 4) is 0 Å². The van der Waals surface area contributed by atoms with Crippen LogP contribution < -0.4 is 10.6 Å². The number of benzene rings is 1. The van der Waals surface area contributed by atoms with E-state index in [0.29, 0.717) is 31.4 Å². The van der Waals surface area contributed by atoms with Gasteiger partial charge in [0.15, 0.2) is 5.96 Å². The van der Waals surface area contributed by atoms with E-state index in [4.69, 9.17) is 11.6 Å². The molecule has 1 aliphatic rings. The second-order valence-electron chi connectivity index (χ2n) is 6.28. The molecule has 1 heterocycles. The largest absolute Gasteiger partial charge is 0.356 e. The van der Waals surface area contributed by atoms with Crippen molar-refractivity contribution in [2.45, 2.75) is 32.7 Å². The zero-order valence-electron chi connectivity index (χ0n) is 14.9. The van der Waals surface area contributed by atoms with Crippen LogP contribution >= 0.6 is 35.6 Å². The summed E-state index contributed by atoms with van der Waals surface area (Å²) >= 11 is 6.14. The molecule has 2 N–H and O–H groups in total. The van der Waals surface area contributed by atoms with Crippen molar-refractivity contribution in [1.29, 1.82) is 0 Å². The first kappa shape index (κ1) is 22.0. The summed E-state index contributed by atoms with van der Waals surface area (Å²) in [6.07, 6.45) is 2.82. The van der Waals surface area contributed by atoms with E-state index in [9.17, 15) is 4.79 Å². The van der Waals surface area contributed by atoms with Crippen molar-refractivity contribution in [1.82, 2.24) is 15.5 Å². The Bertz CT molecular complexity index is 582. The molecule has 1 aromatic rings. The molecule has 1 saturated heterocycles. The summed E-state index contributed by atoms with van der Waals surface area (Å²) in [5, 5.41) is 7.14. The van der Waals surface area contributed by atoms with E-state index in [1.54, 1.807) is 7.05 Å². The van der Waals surface area contributed by atoms with Gasteiger partial charge in [-0.1, -0.05) is 36.7 Å². The zero-order chi connectivity index (χ0) is 17.4. The highest BCUT2D eigenvalue weighted by molar-refractivity contribution is 14.0. The summed E-state index contributed by atoms with van der Waals surface area (Å²) < 4.78 is 0. The number of likely N-dealkylation sites (tertiary alicyclic amines) is 1. The SMILES string of the molecule is CN=C(NCCC(=O)N1CCCC(C)C1)NCc1ccccc1Cl.I. The number of hydrogen-bond donors (Lipinski definition) is 2. The van der Waals surface area contributed by atoms with Crippen LogP contribution in [0.2, 0.25) is 5.02 Å². The second kappa shape index (κ2) is 11.6. The molecule has 2 rings (SSSR count). The molecule has 1 atom stereocenters. The number of rotatable bonds is 5. The fourth-order valence-corrected chi connectivity index (χ4v) is 3.11. The Morgan fingerprint density at radius 2 is 2.12 bits per heavy atom. The highest BCUT2D eigenvalue weighted by Gasteiger charge is 2.20. The predicted molar refractivity (Wildman–Crippen MR) is 115 cm³/mol. The topological polar surface area (TPSA) is 56.7 Å². The van der Waals surface area contributed by atoms with E-state index in [0.717, 1.165) is 30.1 Å². The van der Waals surface area contributed by atoms with Crippen LogP contribution in [0.1, 0.15) is 31.7 Å². The molecule has 140 valence electrons. The Morgan fingerprint density at radius 1 is 1.36 bits per heavy atom. The number of nitrogens with zero attached hydrogens (tertiary/aromatic N) is 2. The van der Waals surface area contributed by atoms with Crippen molar-refractivity contribution < 1.29 is 4.79 Å². The Morgan fingerprint density at radius 3 is 2.80 bits per heavy atom. The summed E-state index contributed by atoms with van der Waals surface area (Å²) in [5.74, 6) is 1.51. The van der Waals surface area contributed by atoms with Gasteiger partial charge in [-0.15, -0.1) is 24.0 Å². The quantitative estimate of drug-likeness (QED) is 0.388. The summed E-state index contributed by atoms with van der Waals surface area (Å²) in [7, 11) is 1.72. The van der Waals surface area contributed by atoms with Gasteiger partial charge in [-0.2, -0.15) is 0 Å². The van der Waals surface area contributed by atoms with Gasteiger partial charge in [0.2, 0.25) is 5.91 Å². The Balaban J connectivity index is 0.00000312. The molecule has 0 aromatic heterocycles. The molecule has 1 aliphatic heterocycles. The normalized spacial score (nSPS) is 17.6. The number of amides is 1. The number of hydrogen-bond acceptors (Lipinski definition) is 2. The third-order valence-corrected chi connectivity index (χ3v) is 4.64. The molecule has 0 radical (unpaired) electrons. The van der Waals surface area contributed by atoms with Gasteiger partial charge in [-0.3, -0.25) is 9.79 Å². The maximum atomic E-state index is 12.2. The zero-order valence-corrected chi connectivity index (χ0v) is 18.0. The second-order valence-corrected chi connectivity index (χ2v) is 6.69. The number of carbonyl (C=O) groups is 1. The maximum Gasteiger partial charge on any atom is 0.224 e. The summed E-state index contributed by atoms with van der Waals surface area (Å²) in [6.45, 7) is 5.15. The van der Waals surface area contributed by atoms with Gasteiger partial charge in [-0.25, -0.2) is 0 Å². The van der Waals surface area contributed by atoms with Gasteiger partial charge in [0.1, 0.15) is 0 Å². The fraction of sp³-hybridized carbons (Fsp3) is 0.556. The minimum absolute atomic E-state index is 0. The van der Waals surface area contributed by atoms with Gasteiger partial charge < -0.3 is 15.5 Å². The average molecular weight is 479 g/mol. The molecule has 0 saturated carbocycles. The Labute approximate surface area is 172 Å². The Hall–Kier alpha value is -1.02. The van der Waals surface area contributed by atoms with Crippen molar-refractivity contribution in [3.05, 3.63) is 34.9 Å². The lowest BCUT2D eigenvalue weighted by atomic mass is 10.00. The van der Waals surface area contributed by atoms with Crippen LogP contribution in [0.5, 0.6) is 0 Å². The highest BCUT2D eigenvalue weighted by Crippen LogP contribution is 2.16. The number of piperidine rings is 1. The lowest BCUT2D eigenvalue weighted by Gasteiger charge is -2.31. The van der Waals surface area contributed by atoms with Gasteiger partial charge in [-0.05, 0) is 30.4 Å². The average Bonchev–Trinajstić information content (AvgIpc) is 2.59. The van der Waals surface area contributed by atoms with E-state index >= 15 is 0 Å². The molecule has 1 aromatic carbocycles. The van der Waals surface area contributed by atoms with E-state index in [-0.39, 0.29) is 29.9 Å². The third kappa shape index (κ3) is 7.40.